The average Bonchev–Trinajstić information content (AvgIpc) is 2.81. The Kier molecular flexibility index (Phi) is 2.86. The number of aliphatic hydroxyl groups is 1. The molecule has 2 aromatic rings. The number of hydrogen-bond donors (Lipinski definition) is 2. The second-order valence-corrected chi connectivity index (χ2v) is 3.14. The first-order valence-corrected chi connectivity index (χ1v) is 4.48. The number of aliphatic hydroxyl groups excluding tert-OH is 1. The number of benzene rings is 1. The van der Waals surface area contributed by atoms with Crippen molar-refractivity contribution >= 4 is 0 Å². The molecule has 1 heterocycles. The van der Waals surface area contributed by atoms with Crippen molar-refractivity contribution in [2.45, 2.75) is 12.5 Å². The van der Waals surface area contributed by atoms with E-state index in [0.717, 1.165) is 0 Å². The van der Waals surface area contributed by atoms with E-state index in [1.165, 1.54) is 12.1 Å². The van der Waals surface area contributed by atoms with Crippen molar-refractivity contribution in [2.75, 3.05) is 0 Å². The predicted molar refractivity (Wildman–Crippen MR) is 50.6 cm³/mol. The van der Waals surface area contributed by atoms with Crippen LogP contribution in [0.5, 0.6) is 0 Å². The van der Waals surface area contributed by atoms with Crippen molar-refractivity contribution in [3.8, 4) is 11.4 Å². The predicted octanol–water partition coefficient (Wildman–Crippen LogP) is 1.17. The van der Waals surface area contributed by atoms with Gasteiger partial charge in [0.05, 0.1) is 0 Å². The van der Waals surface area contributed by atoms with Crippen LogP contribution in [0.3, 0.4) is 0 Å². The molecule has 0 aliphatic heterocycles. The maximum absolute atomic E-state index is 12.3. The van der Waals surface area contributed by atoms with Crippen LogP contribution in [0.25, 0.3) is 11.4 Å². The Balaban J connectivity index is 2.34. The zero-order chi connectivity index (χ0) is 11.5. The summed E-state index contributed by atoms with van der Waals surface area (Å²) in [5, 5.41) is 22.3. The molecule has 0 saturated carbocycles. The summed E-state index contributed by atoms with van der Waals surface area (Å²) < 4.78 is 24.6. The van der Waals surface area contributed by atoms with E-state index < -0.39 is 12.5 Å². The minimum absolute atomic E-state index is 0.123. The van der Waals surface area contributed by atoms with Gasteiger partial charge >= 0.3 is 0 Å². The van der Waals surface area contributed by atoms with Gasteiger partial charge in [-0.1, -0.05) is 18.2 Å². The molecule has 2 N–H and O–H groups in total. The van der Waals surface area contributed by atoms with E-state index in [9.17, 15) is 13.9 Å². The summed E-state index contributed by atoms with van der Waals surface area (Å²) in [6, 6.07) is 6.02. The Morgan fingerprint density at radius 2 is 2.12 bits per heavy atom. The Morgan fingerprint density at radius 1 is 1.31 bits per heavy atom. The van der Waals surface area contributed by atoms with Gasteiger partial charge in [-0.3, -0.25) is 0 Å². The summed E-state index contributed by atoms with van der Waals surface area (Å²) in [6.45, 7) is 0. The third-order valence-corrected chi connectivity index (χ3v) is 2.07. The van der Waals surface area contributed by atoms with Crippen LogP contribution in [-0.2, 0) is 0 Å². The van der Waals surface area contributed by atoms with Crippen LogP contribution in [0.2, 0.25) is 0 Å². The smallest absolute Gasteiger partial charge is 0.268 e. The fourth-order valence-electron chi connectivity index (χ4n) is 1.29. The minimum Gasteiger partial charge on any atom is -0.382 e. The fourth-order valence-corrected chi connectivity index (χ4v) is 1.29. The molecule has 0 bridgehead atoms. The van der Waals surface area contributed by atoms with Crippen molar-refractivity contribution in [2.24, 2.45) is 0 Å². The van der Waals surface area contributed by atoms with E-state index in [1.54, 1.807) is 12.1 Å². The van der Waals surface area contributed by atoms with Crippen LogP contribution < -0.4 is 0 Å². The van der Waals surface area contributed by atoms with Gasteiger partial charge in [0, 0.05) is 5.56 Å². The number of tetrazole rings is 1. The summed E-state index contributed by atoms with van der Waals surface area (Å²) in [7, 11) is 0. The average molecular weight is 226 g/mol. The lowest BCUT2D eigenvalue weighted by Crippen LogP contribution is -2.07. The van der Waals surface area contributed by atoms with Crippen LogP contribution in [0.4, 0.5) is 8.78 Å². The first-order chi connectivity index (χ1) is 7.68. The highest BCUT2D eigenvalue weighted by atomic mass is 19.3. The van der Waals surface area contributed by atoms with Gasteiger partial charge in [0.25, 0.3) is 6.43 Å². The second-order valence-electron chi connectivity index (χ2n) is 3.14. The number of nitrogens with zero attached hydrogens (tertiary/aromatic N) is 3. The highest BCUT2D eigenvalue weighted by Crippen LogP contribution is 2.23. The molecule has 7 heteroatoms. The molecule has 1 aromatic heterocycles. The molecule has 0 saturated heterocycles. The summed E-state index contributed by atoms with van der Waals surface area (Å²) in [4.78, 5) is 0. The summed E-state index contributed by atoms with van der Waals surface area (Å²) in [6.07, 6.45) is -4.62. The lowest BCUT2D eigenvalue weighted by molar-refractivity contribution is -0.00575. The molecule has 0 aliphatic carbocycles. The Bertz CT molecular complexity index is 460. The second kappa shape index (κ2) is 4.31. The molecule has 0 spiro atoms. The molecule has 0 fully saturated rings. The first-order valence-electron chi connectivity index (χ1n) is 4.48. The van der Waals surface area contributed by atoms with E-state index in [2.05, 4.69) is 20.6 Å². The highest BCUT2D eigenvalue weighted by Gasteiger charge is 2.19. The molecule has 0 aliphatic rings. The van der Waals surface area contributed by atoms with Crippen LogP contribution in [0.15, 0.2) is 24.3 Å². The SMILES string of the molecule is OC(c1cccc(-c2nn[nH]n2)c1)C(F)F. The van der Waals surface area contributed by atoms with Gasteiger partial charge in [-0.05, 0) is 16.8 Å². The zero-order valence-corrected chi connectivity index (χ0v) is 8.01. The number of H-pyrrole nitrogens is 1. The van der Waals surface area contributed by atoms with Crippen molar-refractivity contribution in [1.29, 1.82) is 0 Å². The lowest BCUT2D eigenvalue weighted by atomic mass is 10.1. The molecule has 1 aromatic carbocycles. The van der Waals surface area contributed by atoms with Crippen LogP contribution >= 0.6 is 0 Å². The Morgan fingerprint density at radius 3 is 2.75 bits per heavy atom. The van der Waals surface area contributed by atoms with Crippen LogP contribution in [-0.4, -0.2) is 32.2 Å². The number of alkyl halides is 2. The third-order valence-electron chi connectivity index (χ3n) is 2.07. The van der Waals surface area contributed by atoms with Gasteiger partial charge < -0.3 is 5.11 Å². The maximum Gasteiger partial charge on any atom is 0.268 e. The standard InChI is InChI=1S/C9H8F2N4O/c10-8(11)7(16)5-2-1-3-6(4-5)9-12-14-15-13-9/h1-4,7-8,16H,(H,12,13,14,15). The summed E-state index contributed by atoms with van der Waals surface area (Å²) in [5.41, 5.74) is 0.642. The number of aromatic nitrogens is 4. The van der Waals surface area contributed by atoms with Gasteiger partial charge in [-0.25, -0.2) is 8.78 Å². The molecule has 1 unspecified atom stereocenters. The van der Waals surface area contributed by atoms with Crippen molar-refractivity contribution < 1.29 is 13.9 Å². The van der Waals surface area contributed by atoms with Crippen LogP contribution in [0.1, 0.15) is 11.7 Å². The molecule has 0 amide bonds. The first kappa shape index (κ1) is 10.6. The van der Waals surface area contributed by atoms with Crippen LogP contribution in [0, 0.1) is 0 Å². The van der Waals surface area contributed by atoms with E-state index in [1.807, 2.05) is 0 Å². The zero-order valence-electron chi connectivity index (χ0n) is 8.01. The molecule has 2 rings (SSSR count). The number of rotatable bonds is 3. The topological polar surface area (TPSA) is 74.7 Å². The Labute approximate surface area is 89.1 Å². The van der Waals surface area contributed by atoms with Gasteiger partial charge in [0.2, 0.25) is 5.82 Å². The van der Waals surface area contributed by atoms with Crippen molar-refractivity contribution in [1.82, 2.24) is 20.6 Å². The summed E-state index contributed by atoms with van der Waals surface area (Å²) in [5.74, 6) is 0.295. The minimum atomic E-state index is -2.82. The van der Waals surface area contributed by atoms with E-state index in [4.69, 9.17) is 0 Å². The van der Waals surface area contributed by atoms with Gasteiger partial charge in [0.1, 0.15) is 6.10 Å². The molecular weight excluding hydrogens is 218 g/mol. The maximum atomic E-state index is 12.3. The van der Waals surface area contributed by atoms with Gasteiger partial charge in [-0.15, -0.1) is 10.2 Å². The van der Waals surface area contributed by atoms with Gasteiger partial charge in [0.15, 0.2) is 0 Å². The number of nitrogens with one attached hydrogen (secondary N) is 1. The van der Waals surface area contributed by atoms with Crippen molar-refractivity contribution in [3.05, 3.63) is 29.8 Å². The van der Waals surface area contributed by atoms with E-state index in [0.29, 0.717) is 11.4 Å². The monoisotopic (exact) mass is 226 g/mol. The number of halogens is 2. The normalized spacial score (nSPS) is 13.0. The van der Waals surface area contributed by atoms with Crippen molar-refractivity contribution in [3.63, 3.8) is 0 Å². The Hall–Kier alpha value is -1.89. The molecule has 84 valence electrons. The molecular formula is C9H8F2N4O. The molecule has 1 atom stereocenters. The summed E-state index contributed by atoms with van der Waals surface area (Å²) >= 11 is 0. The van der Waals surface area contributed by atoms with Gasteiger partial charge in [-0.2, -0.15) is 5.21 Å². The third kappa shape index (κ3) is 2.03. The van der Waals surface area contributed by atoms with E-state index in [-0.39, 0.29) is 5.56 Å². The lowest BCUT2D eigenvalue weighted by Gasteiger charge is -2.09. The molecule has 5 nitrogen and oxygen atoms in total. The number of aromatic amines is 1. The molecule has 16 heavy (non-hydrogen) atoms. The highest BCUT2D eigenvalue weighted by molar-refractivity contribution is 5.55. The molecule has 0 radical (unpaired) electrons. The largest absolute Gasteiger partial charge is 0.382 e. The number of hydrogen-bond acceptors (Lipinski definition) is 4. The quantitative estimate of drug-likeness (QED) is 0.823. The van der Waals surface area contributed by atoms with E-state index >= 15 is 0 Å². The fraction of sp³-hybridized carbons (Fsp3) is 0.222.